The van der Waals surface area contributed by atoms with Crippen LogP contribution < -0.4 is 5.32 Å². The van der Waals surface area contributed by atoms with Gasteiger partial charge < -0.3 is 10.2 Å². The molecule has 0 radical (unpaired) electrons. The molecule has 1 N–H and O–H groups in total. The Morgan fingerprint density at radius 3 is 2.38 bits per heavy atom. The molecule has 0 aliphatic heterocycles. The molecule has 6 heteroatoms. The average Bonchev–Trinajstić information content (AvgIpc) is 2.60. The molecule has 0 heterocycles. The Balaban J connectivity index is 1.87. The Bertz CT molecular complexity index is 791. The second-order valence-electron chi connectivity index (χ2n) is 6.22. The third-order valence-electron chi connectivity index (χ3n) is 4.33. The Hall–Kier alpha value is -2.76. The van der Waals surface area contributed by atoms with Crippen molar-refractivity contribution in [3.8, 4) is 0 Å². The lowest BCUT2D eigenvalue weighted by Crippen LogP contribution is -2.33. The third kappa shape index (κ3) is 4.88. The highest BCUT2D eigenvalue weighted by molar-refractivity contribution is 5.94. The Morgan fingerprint density at radius 2 is 1.77 bits per heavy atom. The van der Waals surface area contributed by atoms with Crippen LogP contribution in [0.2, 0.25) is 0 Å². The van der Waals surface area contributed by atoms with Gasteiger partial charge in [-0.15, -0.1) is 0 Å². The van der Waals surface area contributed by atoms with Crippen molar-refractivity contribution < 1.29 is 18.4 Å². The summed E-state index contributed by atoms with van der Waals surface area (Å²) in [5.74, 6) is -2.50. The molecule has 0 spiro atoms. The summed E-state index contributed by atoms with van der Waals surface area (Å²) >= 11 is 0. The molecule has 0 bridgehead atoms. The highest BCUT2D eigenvalue weighted by Gasteiger charge is 2.18. The molecule has 0 aliphatic rings. The first-order valence-electron chi connectivity index (χ1n) is 8.35. The summed E-state index contributed by atoms with van der Waals surface area (Å²) in [5, 5.41) is 2.48. The van der Waals surface area contributed by atoms with Crippen LogP contribution in [0.15, 0.2) is 42.5 Å². The van der Waals surface area contributed by atoms with Crippen molar-refractivity contribution in [1.82, 2.24) is 10.2 Å². The summed E-state index contributed by atoms with van der Waals surface area (Å²) in [6.45, 7) is 3.99. The molecule has 0 aliphatic carbocycles. The Kier molecular flexibility index (Phi) is 6.44. The van der Waals surface area contributed by atoms with Gasteiger partial charge in [-0.2, -0.15) is 0 Å². The van der Waals surface area contributed by atoms with E-state index in [9.17, 15) is 18.4 Å². The molecule has 0 aromatic heterocycles. The largest absolute Gasteiger partial charge is 0.351 e. The topological polar surface area (TPSA) is 49.4 Å². The third-order valence-corrected chi connectivity index (χ3v) is 4.33. The minimum Gasteiger partial charge on any atom is -0.351 e. The highest BCUT2D eigenvalue weighted by Crippen LogP contribution is 2.19. The number of nitrogens with one attached hydrogen (secondary N) is 1. The molecular weight excluding hydrogens is 338 g/mol. The van der Waals surface area contributed by atoms with Gasteiger partial charge in [-0.3, -0.25) is 9.59 Å². The van der Waals surface area contributed by atoms with Crippen LogP contribution in [0.4, 0.5) is 8.78 Å². The molecule has 1 atom stereocenters. The van der Waals surface area contributed by atoms with E-state index in [0.29, 0.717) is 6.07 Å². The van der Waals surface area contributed by atoms with Gasteiger partial charge in [0.05, 0.1) is 11.6 Å². The van der Waals surface area contributed by atoms with E-state index in [1.54, 1.807) is 11.9 Å². The molecule has 138 valence electrons. The van der Waals surface area contributed by atoms with Crippen LogP contribution in [0, 0.1) is 18.6 Å². The van der Waals surface area contributed by atoms with Gasteiger partial charge in [0, 0.05) is 26.1 Å². The summed E-state index contributed by atoms with van der Waals surface area (Å²) in [5.41, 5.74) is 1.91. The smallest absolute Gasteiger partial charge is 0.254 e. The maximum absolute atomic E-state index is 13.6. The van der Waals surface area contributed by atoms with E-state index in [-0.39, 0.29) is 30.5 Å². The highest BCUT2D eigenvalue weighted by atomic mass is 19.1. The molecular formula is C20H22F2N2O2. The quantitative estimate of drug-likeness (QED) is 0.855. The van der Waals surface area contributed by atoms with Gasteiger partial charge in [-0.1, -0.05) is 29.8 Å². The van der Waals surface area contributed by atoms with Gasteiger partial charge in [-0.05, 0) is 31.5 Å². The van der Waals surface area contributed by atoms with Crippen molar-refractivity contribution in [3.05, 3.63) is 70.8 Å². The Labute approximate surface area is 151 Å². The van der Waals surface area contributed by atoms with Crippen LogP contribution >= 0.6 is 0 Å². The van der Waals surface area contributed by atoms with E-state index >= 15 is 0 Å². The molecule has 2 aromatic carbocycles. The summed E-state index contributed by atoms with van der Waals surface area (Å²) in [4.78, 5) is 25.8. The number of amides is 2. The number of rotatable bonds is 6. The van der Waals surface area contributed by atoms with Crippen molar-refractivity contribution >= 4 is 11.8 Å². The van der Waals surface area contributed by atoms with Crippen molar-refractivity contribution in [1.29, 1.82) is 0 Å². The molecule has 2 amide bonds. The Morgan fingerprint density at radius 1 is 1.12 bits per heavy atom. The predicted molar refractivity (Wildman–Crippen MR) is 95.7 cm³/mol. The van der Waals surface area contributed by atoms with E-state index < -0.39 is 17.5 Å². The molecule has 4 nitrogen and oxygen atoms in total. The SMILES string of the molecule is Cc1ccc(C(C)N(C)C(=O)CCNC(=O)c2ccc(F)cc2F)cc1. The van der Waals surface area contributed by atoms with Crippen LogP contribution in [0.5, 0.6) is 0 Å². The molecule has 0 saturated heterocycles. The first kappa shape index (κ1) is 19.6. The number of carbonyl (C=O) groups excluding carboxylic acids is 2. The monoisotopic (exact) mass is 360 g/mol. The average molecular weight is 360 g/mol. The molecule has 26 heavy (non-hydrogen) atoms. The summed E-state index contributed by atoms with van der Waals surface area (Å²) < 4.78 is 26.4. The minimum absolute atomic E-state index is 0.0689. The second kappa shape index (κ2) is 8.56. The fourth-order valence-corrected chi connectivity index (χ4v) is 2.51. The number of carbonyl (C=O) groups is 2. The van der Waals surface area contributed by atoms with Crippen LogP contribution in [0.3, 0.4) is 0 Å². The summed E-state index contributed by atoms with van der Waals surface area (Å²) in [6.07, 6.45) is 0.0846. The molecule has 2 aromatic rings. The zero-order valence-corrected chi connectivity index (χ0v) is 15.1. The zero-order chi connectivity index (χ0) is 19.3. The van der Waals surface area contributed by atoms with Crippen molar-refractivity contribution in [3.63, 3.8) is 0 Å². The normalized spacial score (nSPS) is 11.7. The van der Waals surface area contributed by atoms with Crippen LogP contribution in [-0.4, -0.2) is 30.3 Å². The second-order valence-corrected chi connectivity index (χ2v) is 6.22. The van der Waals surface area contributed by atoms with Crippen molar-refractivity contribution in [2.24, 2.45) is 0 Å². The molecule has 0 saturated carbocycles. The zero-order valence-electron chi connectivity index (χ0n) is 15.1. The fraction of sp³-hybridized carbons (Fsp3) is 0.300. The van der Waals surface area contributed by atoms with Crippen molar-refractivity contribution in [2.45, 2.75) is 26.3 Å². The van der Waals surface area contributed by atoms with Crippen LogP contribution in [0.25, 0.3) is 0 Å². The van der Waals surface area contributed by atoms with E-state index in [1.807, 2.05) is 38.1 Å². The number of hydrogen-bond donors (Lipinski definition) is 1. The number of aryl methyl sites for hydroxylation is 1. The van der Waals surface area contributed by atoms with Gasteiger partial charge in [0.2, 0.25) is 5.91 Å². The minimum atomic E-state index is -0.932. The van der Waals surface area contributed by atoms with Gasteiger partial charge >= 0.3 is 0 Å². The van der Waals surface area contributed by atoms with E-state index in [4.69, 9.17) is 0 Å². The molecule has 0 fully saturated rings. The van der Waals surface area contributed by atoms with Gasteiger partial charge in [-0.25, -0.2) is 8.78 Å². The lowest BCUT2D eigenvalue weighted by atomic mass is 10.1. The summed E-state index contributed by atoms with van der Waals surface area (Å²) in [7, 11) is 1.70. The lowest BCUT2D eigenvalue weighted by Gasteiger charge is -2.25. The lowest BCUT2D eigenvalue weighted by molar-refractivity contribution is -0.131. The maximum atomic E-state index is 13.6. The first-order chi connectivity index (χ1) is 12.3. The maximum Gasteiger partial charge on any atom is 0.254 e. The van der Waals surface area contributed by atoms with Crippen LogP contribution in [-0.2, 0) is 4.79 Å². The fourth-order valence-electron chi connectivity index (χ4n) is 2.51. The molecule has 2 rings (SSSR count). The van der Waals surface area contributed by atoms with E-state index in [0.717, 1.165) is 23.3 Å². The molecule has 1 unspecified atom stereocenters. The van der Waals surface area contributed by atoms with Gasteiger partial charge in [0.15, 0.2) is 0 Å². The van der Waals surface area contributed by atoms with Crippen LogP contribution in [0.1, 0.15) is 40.9 Å². The first-order valence-corrected chi connectivity index (χ1v) is 8.35. The van der Waals surface area contributed by atoms with E-state index in [2.05, 4.69) is 5.32 Å². The number of halogens is 2. The number of nitrogens with zero attached hydrogens (tertiary/aromatic N) is 1. The predicted octanol–water partition coefficient (Wildman–Crippen LogP) is 3.61. The van der Waals surface area contributed by atoms with E-state index in [1.165, 1.54) is 0 Å². The standard InChI is InChI=1S/C20H22F2N2O2/c1-13-4-6-15(7-5-13)14(2)24(3)19(25)10-11-23-20(26)17-9-8-16(21)12-18(17)22/h4-9,12,14H,10-11H2,1-3H3,(H,23,26). The van der Waals surface area contributed by atoms with Crippen molar-refractivity contribution in [2.75, 3.05) is 13.6 Å². The number of hydrogen-bond acceptors (Lipinski definition) is 2. The summed E-state index contributed by atoms with van der Waals surface area (Å²) in [6, 6.07) is 10.6. The van der Waals surface area contributed by atoms with Gasteiger partial charge in [0.1, 0.15) is 11.6 Å². The number of benzene rings is 2. The van der Waals surface area contributed by atoms with Gasteiger partial charge in [0.25, 0.3) is 5.91 Å².